The van der Waals surface area contributed by atoms with E-state index in [1.807, 2.05) is 25.2 Å². The van der Waals surface area contributed by atoms with E-state index in [0.717, 1.165) is 19.5 Å². The molecule has 0 unspecified atom stereocenters. The van der Waals surface area contributed by atoms with Gasteiger partial charge in [0.1, 0.15) is 5.21 Å². The third-order valence-corrected chi connectivity index (χ3v) is 4.27. The number of alkyl halides is 1. The number of hydrogen-bond donors (Lipinski definition) is 1. The van der Waals surface area contributed by atoms with Crippen LogP contribution in [0.2, 0.25) is 0 Å². The zero-order valence-electron chi connectivity index (χ0n) is 10.5. The molecule has 0 saturated heterocycles. The molecule has 1 aromatic carbocycles. The Hall–Kier alpha value is -0.620. The minimum atomic E-state index is -3.28. The highest BCUT2D eigenvalue weighted by molar-refractivity contribution is 7.90. The van der Waals surface area contributed by atoms with Crippen molar-refractivity contribution in [2.24, 2.45) is 0 Å². The lowest BCUT2D eigenvalue weighted by molar-refractivity contribution is 0.322. The lowest BCUT2D eigenvalue weighted by Crippen LogP contribution is -2.28. The normalized spacial score (nSPS) is 11.9. The Bertz CT molecular complexity index is 437. The van der Waals surface area contributed by atoms with E-state index >= 15 is 0 Å². The molecule has 0 aliphatic heterocycles. The van der Waals surface area contributed by atoms with Gasteiger partial charge < -0.3 is 4.90 Å². The van der Waals surface area contributed by atoms with E-state index in [4.69, 9.17) is 11.6 Å². The van der Waals surface area contributed by atoms with E-state index in [0.29, 0.717) is 6.54 Å². The lowest BCUT2D eigenvalue weighted by Gasteiger charge is -2.16. The fraction of sp³-hybridized carbons (Fsp3) is 0.500. The highest BCUT2D eigenvalue weighted by Gasteiger charge is 2.06. The van der Waals surface area contributed by atoms with Crippen molar-refractivity contribution in [1.29, 1.82) is 0 Å². The van der Waals surface area contributed by atoms with Gasteiger partial charge in [-0.15, -0.1) is 11.6 Å². The summed E-state index contributed by atoms with van der Waals surface area (Å²) in [6.07, 6.45) is 0.763. The molecule has 0 heterocycles. The van der Waals surface area contributed by atoms with Gasteiger partial charge in [0.25, 0.3) is 0 Å². The molecular weight excluding hydrogens is 272 g/mol. The Morgan fingerprint density at radius 3 is 2.56 bits per heavy atom. The molecule has 0 saturated carbocycles. The smallest absolute Gasteiger partial charge is 0.225 e. The van der Waals surface area contributed by atoms with Crippen LogP contribution in [0.4, 0.5) is 0 Å². The van der Waals surface area contributed by atoms with Crippen LogP contribution in [0.3, 0.4) is 0 Å². The highest BCUT2D eigenvalue weighted by Crippen LogP contribution is 2.02. The maximum absolute atomic E-state index is 11.1. The van der Waals surface area contributed by atoms with E-state index in [1.165, 1.54) is 5.56 Å². The fourth-order valence-corrected chi connectivity index (χ4v) is 2.35. The summed E-state index contributed by atoms with van der Waals surface area (Å²) in [5, 5.41) is -0.382. The molecule has 18 heavy (non-hydrogen) atoms. The molecule has 0 aromatic heterocycles. The first-order chi connectivity index (χ1) is 8.53. The van der Waals surface area contributed by atoms with E-state index in [1.54, 1.807) is 0 Å². The summed E-state index contributed by atoms with van der Waals surface area (Å²) >= 11 is 5.28. The average molecular weight is 291 g/mol. The van der Waals surface area contributed by atoms with Crippen LogP contribution in [-0.2, 0) is 16.6 Å². The molecule has 0 radical (unpaired) electrons. The first-order valence-electron chi connectivity index (χ1n) is 5.79. The van der Waals surface area contributed by atoms with Crippen LogP contribution in [0, 0.1) is 0 Å². The van der Waals surface area contributed by atoms with E-state index in [9.17, 15) is 8.42 Å². The summed E-state index contributed by atoms with van der Waals surface area (Å²) in [7, 11) is -1.26. The number of nitrogens with one attached hydrogen (secondary N) is 1. The van der Waals surface area contributed by atoms with Crippen molar-refractivity contribution in [3.63, 3.8) is 0 Å². The molecule has 0 aliphatic rings. The summed E-state index contributed by atoms with van der Waals surface area (Å²) in [4.78, 5) is 2.16. The Labute approximate surface area is 114 Å². The molecule has 0 amide bonds. The van der Waals surface area contributed by atoms with Crippen molar-refractivity contribution in [2.75, 3.05) is 25.3 Å². The number of benzene rings is 1. The van der Waals surface area contributed by atoms with Crippen LogP contribution < -0.4 is 4.72 Å². The van der Waals surface area contributed by atoms with Gasteiger partial charge in [-0.1, -0.05) is 30.3 Å². The molecule has 1 rings (SSSR count). The zero-order chi connectivity index (χ0) is 13.4. The van der Waals surface area contributed by atoms with Crippen LogP contribution in [0.5, 0.6) is 0 Å². The molecule has 6 heteroatoms. The summed E-state index contributed by atoms with van der Waals surface area (Å²) in [6.45, 7) is 2.12. The number of rotatable bonds is 8. The minimum absolute atomic E-state index is 0.382. The number of nitrogens with zero attached hydrogens (tertiary/aromatic N) is 1. The minimum Gasteiger partial charge on any atom is -0.302 e. The molecule has 102 valence electrons. The van der Waals surface area contributed by atoms with Gasteiger partial charge in [-0.2, -0.15) is 0 Å². The second-order valence-corrected chi connectivity index (χ2v) is 6.59. The van der Waals surface area contributed by atoms with Gasteiger partial charge in [0.2, 0.25) is 10.0 Å². The molecule has 0 bridgehead atoms. The van der Waals surface area contributed by atoms with Crippen molar-refractivity contribution in [1.82, 2.24) is 9.62 Å². The zero-order valence-corrected chi connectivity index (χ0v) is 12.0. The topological polar surface area (TPSA) is 49.4 Å². The molecule has 1 aromatic rings. The lowest BCUT2D eigenvalue weighted by atomic mass is 10.2. The van der Waals surface area contributed by atoms with Crippen LogP contribution >= 0.6 is 11.6 Å². The van der Waals surface area contributed by atoms with Gasteiger partial charge in [0.15, 0.2) is 0 Å². The number of halogens is 1. The Kier molecular flexibility index (Phi) is 6.63. The standard InChI is InChI=1S/C12H19ClN2O2S/c1-15(10-12-6-3-2-4-7-12)9-5-8-14-18(16,17)11-13/h2-4,6-7,14H,5,8-11H2,1H3. The van der Waals surface area contributed by atoms with Crippen LogP contribution in [0.25, 0.3) is 0 Å². The number of hydrogen-bond acceptors (Lipinski definition) is 3. The Morgan fingerprint density at radius 2 is 1.94 bits per heavy atom. The van der Waals surface area contributed by atoms with Gasteiger partial charge in [-0.25, -0.2) is 13.1 Å². The molecule has 1 N–H and O–H groups in total. The SMILES string of the molecule is CN(CCCNS(=O)(=O)CCl)Cc1ccccc1. The van der Waals surface area contributed by atoms with Crippen molar-refractivity contribution >= 4 is 21.6 Å². The van der Waals surface area contributed by atoms with Crippen molar-refractivity contribution in [3.05, 3.63) is 35.9 Å². The molecule has 0 aliphatic carbocycles. The van der Waals surface area contributed by atoms with E-state index < -0.39 is 10.0 Å². The molecule has 0 spiro atoms. The maximum atomic E-state index is 11.1. The summed E-state index contributed by atoms with van der Waals surface area (Å²) < 4.78 is 24.6. The summed E-state index contributed by atoms with van der Waals surface area (Å²) in [6, 6.07) is 10.2. The van der Waals surface area contributed by atoms with Gasteiger partial charge in [0, 0.05) is 13.1 Å². The first kappa shape index (κ1) is 15.4. The maximum Gasteiger partial charge on any atom is 0.225 e. The predicted molar refractivity (Wildman–Crippen MR) is 75.0 cm³/mol. The van der Waals surface area contributed by atoms with Gasteiger partial charge in [-0.05, 0) is 25.6 Å². The second kappa shape index (κ2) is 7.74. The second-order valence-electron chi connectivity index (χ2n) is 4.20. The van der Waals surface area contributed by atoms with Crippen molar-refractivity contribution in [3.8, 4) is 0 Å². The predicted octanol–water partition coefficient (Wildman–Crippen LogP) is 1.62. The number of sulfonamides is 1. The largest absolute Gasteiger partial charge is 0.302 e. The van der Waals surface area contributed by atoms with Crippen molar-refractivity contribution < 1.29 is 8.42 Å². The van der Waals surface area contributed by atoms with E-state index in [-0.39, 0.29) is 5.21 Å². The van der Waals surface area contributed by atoms with Gasteiger partial charge in [0.05, 0.1) is 0 Å². The van der Waals surface area contributed by atoms with Gasteiger partial charge >= 0.3 is 0 Å². The molecule has 0 fully saturated rings. The monoisotopic (exact) mass is 290 g/mol. The quantitative estimate of drug-likeness (QED) is 0.585. The molecular formula is C12H19ClN2O2S. The Morgan fingerprint density at radius 1 is 1.28 bits per heavy atom. The molecule has 4 nitrogen and oxygen atoms in total. The van der Waals surface area contributed by atoms with Crippen LogP contribution in [0.1, 0.15) is 12.0 Å². The first-order valence-corrected chi connectivity index (χ1v) is 7.98. The van der Waals surface area contributed by atoms with Crippen LogP contribution in [0.15, 0.2) is 30.3 Å². The summed E-state index contributed by atoms with van der Waals surface area (Å²) in [5.41, 5.74) is 1.25. The van der Waals surface area contributed by atoms with E-state index in [2.05, 4.69) is 21.8 Å². The highest BCUT2D eigenvalue weighted by atomic mass is 35.5. The average Bonchev–Trinajstić information content (AvgIpc) is 2.36. The third kappa shape index (κ3) is 6.35. The van der Waals surface area contributed by atoms with Crippen LogP contribution in [-0.4, -0.2) is 38.7 Å². The van der Waals surface area contributed by atoms with Gasteiger partial charge in [-0.3, -0.25) is 0 Å². The Balaban J connectivity index is 2.20. The molecule has 0 atom stereocenters. The van der Waals surface area contributed by atoms with Crippen molar-refractivity contribution in [2.45, 2.75) is 13.0 Å². The summed E-state index contributed by atoms with van der Waals surface area (Å²) in [5.74, 6) is 0. The third-order valence-electron chi connectivity index (χ3n) is 2.48. The fourth-order valence-electron chi connectivity index (χ4n) is 1.59.